The van der Waals surface area contributed by atoms with E-state index in [1.807, 2.05) is 6.92 Å². The molecule has 6 nitrogen and oxygen atoms in total. The first-order valence-corrected chi connectivity index (χ1v) is 6.37. The Morgan fingerprint density at radius 1 is 1.48 bits per heavy atom. The standard InChI is InChI=1S/C12H16F3N3O3/c1-2-3-4-8(11(20)21)16-10(19)7-18-6-5-9(17-18)12(13,14)15/h5-6,8H,2-4,7H2,1H3,(H,16,19)(H,20,21). The average Bonchev–Trinajstić information content (AvgIpc) is 2.82. The highest BCUT2D eigenvalue weighted by molar-refractivity contribution is 5.83. The third kappa shape index (κ3) is 5.44. The number of carbonyl (C=O) groups is 2. The zero-order valence-corrected chi connectivity index (χ0v) is 11.4. The Morgan fingerprint density at radius 3 is 2.62 bits per heavy atom. The lowest BCUT2D eigenvalue weighted by molar-refractivity contribution is -0.142. The van der Waals surface area contributed by atoms with E-state index in [4.69, 9.17) is 5.11 Å². The molecule has 0 aromatic carbocycles. The Kier molecular flexibility index (Phi) is 5.74. The fraction of sp³-hybridized carbons (Fsp3) is 0.583. The second kappa shape index (κ2) is 7.09. The number of aromatic nitrogens is 2. The second-order valence-corrected chi connectivity index (χ2v) is 4.50. The molecule has 0 saturated heterocycles. The van der Waals surface area contributed by atoms with Gasteiger partial charge in [-0.3, -0.25) is 9.48 Å². The van der Waals surface area contributed by atoms with Crippen LogP contribution >= 0.6 is 0 Å². The number of unbranched alkanes of at least 4 members (excludes halogenated alkanes) is 1. The maximum absolute atomic E-state index is 12.3. The third-order valence-electron chi connectivity index (χ3n) is 2.72. The normalized spacial score (nSPS) is 13.0. The molecule has 0 fully saturated rings. The molecule has 21 heavy (non-hydrogen) atoms. The minimum absolute atomic E-state index is 0.268. The number of amides is 1. The van der Waals surface area contributed by atoms with E-state index in [2.05, 4.69) is 10.4 Å². The molecule has 2 N–H and O–H groups in total. The van der Waals surface area contributed by atoms with Crippen LogP contribution in [0.3, 0.4) is 0 Å². The van der Waals surface area contributed by atoms with Gasteiger partial charge in [0.05, 0.1) is 0 Å². The molecule has 0 aliphatic carbocycles. The zero-order chi connectivity index (χ0) is 16.0. The smallest absolute Gasteiger partial charge is 0.435 e. The van der Waals surface area contributed by atoms with Gasteiger partial charge in [0.25, 0.3) is 0 Å². The van der Waals surface area contributed by atoms with E-state index >= 15 is 0 Å². The lowest BCUT2D eigenvalue weighted by atomic mass is 10.1. The van der Waals surface area contributed by atoms with Gasteiger partial charge in [-0.05, 0) is 12.5 Å². The van der Waals surface area contributed by atoms with Crippen LogP contribution in [0.2, 0.25) is 0 Å². The highest BCUT2D eigenvalue weighted by Gasteiger charge is 2.33. The quantitative estimate of drug-likeness (QED) is 0.802. The largest absolute Gasteiger partial charge is 0.480 e. The van der Waals surface area contributed by atoms with Gasteiger partial charge in [0.2, 0.25) is 5.91 Å². The molecular weight excluding hydrogens is 291 g/mol. The lowest BCUT2D eigenvalue weighted by Gasteiger charge is -2.14. The second-order valence-electron chi connectivity index (χ2n) is 4.50. The van der Waals surface area contributed by atoms with Crippen LogP contribution in [-0.4, -0.2) is 32.8 Å². The van der Waals surface area contributed by atoms with Crippen LogP contribution in [-0.2, 0) is 22.3 Å². The van der Waals surface area contributed by atoms with Crippen molar-refractivity contribution < 1.29 is 27.9 Å². The number of hydrogen-bond acceptors (Lipinski definition) is 3. The molecule has 0 bridgehead atoms. The summed E-state index contributed by atoms with van der Waals surface area (Å²) in [4.78, 5) is 22.6. The van der Waals surface area contributed by atoms with Crippen LogP contribution in [0.15, 0.2) is 12.3 Å². The number of rotatable bonds is 7. The molecule has 1 aromatic heterocycles. The Bertz CT molecular complexity index is 499. The first-order valence-electron chi connectivity index (χ1n) is 6.37. The van der Waals surface area contributed by atoms with Crippen molar-refractivity contribution in [3.8, 4) is 0 Å². The maximum Gasteiger partial charge on any atom is 0.435 e. The monoisotopic (exact) mass is 307 g/mol. The molecule has 1 aromatic rings. The first-order chi connectivity index (χ1) is 9.74. The summed E-state index contributed by atoms with van der Waals surface area (Å²) in [5.41, 5.74) is -1.10. The topological polar surface area (TPSA) is 84.2 Å². The van der Waals surface area contributed by atoms with Crippen LogP contribution in [0.4, 0.5) is 13.2 Å². The van der Waals surface area contributed by atoms with Gasteiger partial charge in [-0.15, -0.1) is 0 Å². The fourth-order valence-electron chi connectivity index (χ4n) is 1.65. The molecule has 1 atom stereocenters. The number of carbonyl (C=O) groups excluding carboxylic acids is 1. The van der Waals surface area contributed by atoms with Crippen LogP contribution in [0.5, 0.6) is 0 Å². The van der Waals surface area contributed by atoms with Crippen LogP contribution in [0, 0.1) is 0 Å². The van der Waals surface area contributed by atoms with Crippen LogP contribution < -0.4 is 5.32 Å². The number of halogens is 3. The van der Waals surface area contributed by atoms with Gasteiger partial charge >= 0.3 is 12.1 Å². The molecule has 0 spiro atoms. The van der Waals surface area contributed by atoms with Crippen LogP contribution in [0.1, 0.15) is 31.9 Å². The summed E-state index contributed by atoms with van der Waals surface area (Å²) < 4.78 is 37.8. The van der Waals surface area contributed by atoms with Gasteiger partial charge in [0.15, 0.2) is 5.69 Å². The summed E-state index contributed by atoms with van der Waals surface area (Å²) in [6.07, 6.45) is -1.90. The van der Waals surface area contributed by atoms with Crippen molar-refractivity contribution in [3.05, 3.63) is 18.0 Å². The first kappa shape index (κ1) is 17.0. The van der Waals surface area contributed by atoms with E-state index in [0.29, 0.717) is 6.42 Å². The molecule has 9 heteroatoms. The van der Waals surface area contributed by atoms with Crippen molar-refractivity contribution in [1.82, 2.24) is 15.1 Å². The number of aliphatic carboxylic acids is 1. The van der Waals surface area contributed by atoms with Gasteiger partial charge in [-0.25, -0.2) is 4.79 Å². The number of nitrogens with one attached hydrogen (secondary N) is 1. The zero-order valence-electron chi connectivity index (χ0n) is 11.4. The molecular formula is C12H16F3N3O3. The van der Waals surface area contributed by atoms with Crippen molar-refractivity contribution in [3.63, 3.8) is 0 Å². The summed E-state index contributed by atoms with van der Waals surface area (Å²) >= 11 is 0. The number of hydrogen-bond donors (Lipinski definition) is 2. The van der Waals surface area contributed by atoms with E-state index in [1.165, 1.54) is 0 Å². The summed E-state index contributed by atoms with van der Waals surface area (Å²) in [5, 5.41) is 14.4. The molecule has 1 rings (SSSR count). The van der Waals surface area contributed by atoms with Crippen molar-refractivity contribution in [2.24, 2.45) is 0 Å². The number of nitrogens with zero attached hydrogens (tertiary/aromatic N) is 2. The highest BCUT2D eigenvalue weighted by Crippen LogP contribution is 2.27. The van der Waals surface area contributed by atoms with Crippen molar-refractivity contribution in [2.45, 2.75) is 44.9 Å². The van der Waals surface area contributed by atoms with Gasteiger partial charge < -0.3 is 10.4 Å². The fourth-order valence-corrected chi connectivity index (χ4v) is 1.65. The Hall–Kier alpha value is -2.06. The van der Waals surface area contributed by atoms with E-state index in [0.717, 1.165) is 23.4 Å². The lowest BCUT2D eigenvalue weighted by Crippen LogP contribution is -2.42. The maximum atomic E-state index is 12.3. The number of alkyl halides is 3. The third-order valence-corrected chi connectivity index (χ3v) is 2.72. The minimum Gasteiger partial charge on any atom is -0.480 e. The van der Waals surface area contributed by atoms with E-state index in [-0.39, 0.29) is 6.42 Å². The van der Waals surface area contributed by atoms with Gasteiger partial charge in [0.1, 0.15) is 12.6 Å². The van der Waals surface area contributed by atoms with E-state index < -0.39 is 36.3 Å². The minimum atomic E-state index is -4.58. The molecule has 0 saturated carbocycles. The average molecular weight is 307 g/mol. The van der Waals surface area contributed by atoms with Crippen molar-refractivity contribution in [1.29, 1.82) is 0 Å². The molecule has 1 amide bonds. The summed E-state index contributed by atoms with van der Waals surface area (Å²) in [5.74, 6) is -1.87. The summed E-state index contributed by atoms with van der Waals surface area (Å²) in [7, 11) is 0. The van der Waals surface area contributed by atoms with E-state index in [9.17, 15) is 22.8 Å². The SMILES string of the molecule is CCCCC(NC(=O)Cn1ccc(C(F)(F)F)n1)C(=O)O. The Balaban J connectivity index is 2.60. The Labute approximate surface area is 118 Å². The molecule has 1 heterocycles. The Morgan fingerprint density at radius 2 is 2.14 bits per heavy atom. The molecule has 0 aliphatic heterocycles. The summed E-state index contributed by atoms with van der Waals surface area (Å²) in [6, 6.07) is -0.297. The molecule has 0 aliphatic rings. The molecule has 1 unspecified atom stereocenters. The number of carboxylic acids is 1. The highest BCUT2D eigenvalue weighted by atomic mass is 19.4. The van der Waals surface area contributed by atoms with Crippen LogP contribution in [0.25, 0.3) is 0 Å². The van der Waals surface area contributed by atoms with Crippen molar-refractivity contribution in [2.75, 3.05) is 0 Å². The van der Waals surface area contributed by atoms with E-state index in [1.54, 1.807) is 0 Å². The molecule has 0 radical (unpaired) electrons. The van der Waals surface area contributed by atoms with Gasteiger partial charge in [-0.1, -0.05) is 19.8 Å². The predicted octanol–water partition coefficient (Wildman–Crippen LogP) is 1.66. The predicted molar refractivity (Wildman–Crippen MR) is 66.3 cm³/mol. The van der Waals surface area contributed by atoms with Gasteiger partial charge in [-0.2, -0.15) is 18.3 Å². The van der Waals surface area contributed by atoms with Crippen molar-refractivity contribution >= 4 is 11.9 Å². The summed E-state index contributed by atoms with van der Waals surface area (Å²) in [6.45, 7) is 1.41. The van der Waals surface area contributed by atoms with Gasteiger partial charge in [0, 0.05) is 6.20 Å². The number of carboxylic acid groups (broad SMARTS) is 1. The molecule has 118 valence electrons.